The van der Waals surface area contributed by atoms with Gasteiger partial charge in [0.1, 0.15) is 0 Å². The lowest BCUT2D eigenvalue weighted by atomic mass is 9.84. The van der Waals surface area contributed by atoms with Gasteiger partial charge in [-0.15, -0.1) is 0 Å². The van der Waals surface area contributed by atoms with Crippen molar-refractivity contribution in [2.24, 2.45) is 5.92 Å². The first-order valence-electron chi connectivity index (χ1n) is 7.75. The number of nitrogens with zero attached hydrogens (tertiary/aromatic N) is 1. The quantitative estimate of drug-likeness (QED) is 0.803. The van der Waals surface area contributed by atoms with Crippen molar-refractivity contribution >= 4 is 15.6 Å². The van der Waals surface area contributed by atoms with Crippen LogP contribution in [0.3, 0.4) is 0 Å². The molecule has 3 rings (SSSR count). The van der Waals surface area contributed by atoms with Gasteiger partial charge in [0, 0.05) is 11.5 Å². The van der Waals surface area contributed by atoms with Crippen LogP contribution in [0.25, 0.3) is 0 Å². The van der Waals surface area contributed by atoms with Gasteiger partial charge in [0.2, 0.25) is 0 Å². The van der Waals surface area contributed by atoms with Crippen LogP contribution in [0.5, 0.6) is 0 Å². The summed E-state index contributed by atoms with van der Waals surface area (Å²) in [6.07, 6.45) is 3.63. The fourth-order valence-electron chi connectivity index (χ4n) is 3.74. The average Bonchev–Trinajstić information content (AvgIpc) is 2.46. The van der Waals surface area contributed by atoms with Crippen LogP contribution in [-0.4, -0.2) is 24.7 Å². The molecule has 2 unspecified atom stereocenters. The van der Waals surface area contributed by atoms with Crippen LogP contribution >= 0.6 is 0 Å². The molecule has 116 valence electrons. The molecule has 0 spiro atoms. The maximum atomic E-state index is 12.7. The first kappa shape index (κ1) is 15.2. The fourth-order valence-corrected chi connectivity index (χ4v) is 6.27. The predicted octanol–water partition coefficient (Wildman–Crippen LogP) is 2.68. The number of hydrogen-bond donors (Lipinski definition) is 0. The zero-order valence-electron chi connectivity index (χ0n) is 12.4. The van der Waals surface area contributed by atoms with Gasteiger partial charge in [0.05, 0.1) is 23.0 Å². The Morgan fingerprint density at radius 1 is 1.14 bits per heavy atom. The van der Waals surface area contributed by atoms with Crippen molar-refractivity contribution in [1.82, 2.24) is 0 Å². The van der Waals surface area contributed by atoms with Gasteiger partial charge in [-0.05, 0) is 31.2 Å². The second-order valence-corrected chi connectivity index (χ2v) is 8.84. The molecular formula is C17H19NO3S. The number of carbonyl (C=O) groups excluding carboxylic acids is 1. The van der Waals surface area contributed by atoms with Gasteiger partial charge < -0.3 is 0 Å². The highest BCUT2D eigenvalue weighted by Crippen LogP contribution is 2.40. The zero-order chi connectivity index (χ0) is 15.7. The van der Waals surface area contributed by atoms with Crippen LogP contribution in [0.4, 0.5) is 0 Å². The Hall–Kier alpha value is -1.67. The second-order valence-electron chi connectivity index (χ2n) is 6.33. The lowest BCUT2D eigenvalue weighted by Crippen LogP contribution is -2.45. The van der Waals surface area contributed by atoms with E-state index in [9.17, 15) is 13.2 Å². The minimum Gasteiger partial charge on any atom is -0.294 e. The van der Waals surface area contributed by atoms with Gasteiger partial charge in [-0.25, -0.2) is 8.42 Å². The number of fused-ring (bicyclic) bond motifs is 2. The standard InChI is InChI=1S/C17H19NO3S/c18-9-8-12-4-6-13(7-5-12)17(19)14-10-15-2-1-3-16(11-14)22(15,20)21/h4-7,14-16H,1-3,8,10-11H2. The lowest BCUT2D eigenvalue weighted by Gasteiger charge is -2.38. The van der Waals surface area contributed by atoms with Crippen molar-refractivity contribution in [1.29, 1.82) is 5.26 Å². The van der Waals surface area contributed by atoms with Crippen LogP contribution in [0.1, 0.15) is 48.0 Å². The Labute approximate surface area is 131 Å². The molecule has 2 fully saturated rings. The smallest absolute Gasteiger partial charge is 0.166 e. The molecule has 0 radical (unpaired) electrons. The Morgan fingerprint density at radius 2 is 1.73 bits per heavy atom. The van der Waals surface area contributed by atoms with E-state index in [-0.39, 0.29) is 22.2 Å². The third-order valence-corrected chi connectivity index (χ3v) is 7.68. The molecule has 0 aromatic heterocycles. The number of rotatable bonds is 3. The summed E-state index contributed by atoms with van der Waals surface area (Å²) < 4.78 is 24.5. The van der Waals surface area contributed by atoms with E-state index in [1.165, 1.54) is 0 Å². The largest absolute Gasteiger partial charge is 0.294 e. The number of ketones is 1. The topological polar surface area (TPSA) is 75.0 Å². The summed E-state index contributed by atoms with van der Waals surface area (Å²) in [5.41, 5.74) is 1.52. The minimum atomic E-state index is -3.02. The van der Waals surface area contributed by atoms with Gasteiger partial charge >= 0.3 is 0 Å². The summed E-state index contributed by atoms with van der Waals surface area (Å²) in [5, 5.41) is 8.02. The first-order chi connectivity index (χ1) is 10.5. The summed E-state index contributed by atoms with van der Waals surface area (Å²) in [6, 6.07) is 9.20. The van der Waals surface area contributed by atoms with Crippen molar-refractivity contribution in [3.63, 3.8) is 0 Å². The molecule has 2 aliphatic heterocycles. The van der Waals surface area contributed by atoms with E-state index in [1.807, 2.05) is 0 Å². The maximum Gasteiger partial charge on any atom is 0.166 e. The van der Waals surface area contributed by atoms with Gasteiger partial charge in [-0.1, -0.05) is 30.7 Å². The van der Waals surface area contributed by atoms with Crippen molar-refractivity contribution < 1.29 is 13.2 Å². The Bertz CT molecular complexity index is 695. The Kier molecular flexibility index (Phi) is 4.05. The van der Waals surface area contributed by atoms with Crippen LogP contribution in [0.15, 0.2) is 24.3 Å². The number of hydrogen-bond acceptors (Lipinski definition) is 4. The SMILES string of the molecule is N#CCc1ccc(C(=O)C2CC3CCCC(C2)S3(=O)=O)cc1. The van der Waals surface area contributed by atoms with E-state index in [1.54, 1.807) is 24.3 Å². The third-order valence-electron chi connectivity index (χ3n) is 4.97. The highest BCUT2D eigenvalue weighted by Gasteiger charge is 2.45. The number of carbonyl (C=O) groups is 1. The Balaban J connectivity index is 1.77. The highest BCUT2D eigenvalue weighted by molar-refractivity contribution is 7.92. The number of sulfone groups is 1. The minimum absolute atomic E-state index is 0.0512. The summed E-state index contributed by atoms with van der Waals surface area (Å²) in [6.45, 7) is 0. The molecule has 2 aliphatic rings. The predicted molar refractivity (Wildman–Crippen MR) is 83.2 cm³/mol. The zero-order valence-corrected chi connectivity index (χ0v) is 13.2. The van der Waals surface area contributed by atoms with Gasteiger partial charge in [0.25, 0.3) is 0 Å². The van der Waals surface area contributed by atoms with Crippen LogP contribution < -0.4 is 0 Å². The van der Waals surface area contributed by atoms with Crippen molar-refractivity contribution in [3.05, 3.63) is 35.4 Å². The van der Waals surface area contributed by atoms with Gasteiger partial charge in [-0.3, -0.25) is 4.79 Å². The molecule has 0 saturated carbocycles. The average molecular weight is 317 g/mol. The van der Waals surface area contributed by atoms with Gasteiger partial charge in [0.15, 0.2) is 15.6 Å². The van der Waals surface area contributed by atoms with E-state index >= 15 is 0 Å². The molecule has 1 aromatic carbocycles. The van der Waals surface area contributed by atoms with Crippen LogP contribution in [0, 0.1) is 17.2 Å². The van der Waals surface area contributed by atoms with E-state index in [0.717, 1.165) is 12.0 Å². The van der Waals surface area contributed by atoms with Crippen LogP contribution in [-0.2, 0) is 16.3 Å². The monoisotopic (exact) mass is 317 g/mol. The molecule has 4 nitrogen and oxygen atoms in total. The maximum absolute atomic E-state index is 12.7. The molecule has 2 saturated heterocycles. The summed E-state index contributed by atoms with van der Waals surface area (Å²) in [7, 11) is -3.02. The third kappa shape index (κ3) is 2.68. The highest BCUT2D eigenvalue weighted by atomic mass is 32.2. The van der Waals surface area contributed by atoms with Crippen LogP contribution in [0.2, 0.25) is 0 Å². The van der Waals surface area contributed by atoms with Crippen molar-refractivity contribution in [2.45, 2.75) is 49.0 Å². The molecule has 22 heavy (non-hydrogen) atoms. The fraction of sp³-hybridized carbons (Fsp3) is 0.529. The molecule has 2 atom stereocenters. The summed E-state index contributed by atoms with van der Waals surface area (Å²) in [5.74, 6) is -0.129. The molecule has 2 heterocycles. The molecule has 0 N–H and O–H groups in total. The lowest BCUT2D eigenvalue weighted by molar-refractivity contribution is 0.0894. The second kappa shape index (κ2) is 5.85. The summed E-state index contributed by atoms with van der Waals surface area (Å²) >= 11 is 0. The molecule has 5 heteroatoms. The van der Waals surface area contributed by atoms with Crippen molar-refractivity contribution in [2.75, 3.05) is 0 Å². The normalized spacial score (nSPS) is 29.5. The van der Waals surface area contributed by atoms with E-state index in [0.29, 0.717) is 37.7 Å². The van der Waals surface area contributed by atoms with Gasteiger partial charge in [-0.2, -0.15) is 5.26 Å². The van der Waals surface area contributed by atoms with Crippen molar-refractivity contribution in [3.8, 4) is 6.07 Å². The Morgan fingerprint density at radius 3 is 2.27 bits per heavy atom. The number of Topliss-reactive ketones (excluding diaryl/α,β-unsaturated/α-hetero) is 1. The molecule has 2 bridgehead atoms. The molecule has 0 aliphatic carbocycles. The molecule has 1 aromatic rings. The molecular weight excluding hydrogens is 298 g/mol. The molecule has 0 amide bonds. The van der Waals surface area contributed by atoms with E-state index in [4.69, 9.17) is 5.26 Å². The number of benzene rings is 1. The summed E-state index contributed by atoms with van der Waals surface area (Å²) in [4.78, 5) is 12.7. The number of nitriles is 1. The van der Waals surface area contributed by atoms with E-state index < -0.39 is 9.84 Å². The first-order valence-corrected chi connectivity index (χ1v) is 9.36. The van der Waals surface area contributed by atoms with E-state index in [2.05, 4.69) is 6.07 Å².